The van der Waals surface area contributed by atoms with E-state index < -0.39 is 11.7 Å². The van der Waals surface area contributed by atoms with E-state index in [0.717, 1.165) is 53.8 Å². The van der Waals surface area contributed by atoms with E-state index in [1.807, 2.05) is 30.5 Å². The van der Waals surface area contributed by atoms with Crippen LogP contribution < -0.4 is 22.1 Å². The molecule has 0 saturated heterocycles. The minimum Gasteiger partial charge on any atom is -0.365 e. The van der Waals surface area contributed by atoms with Crippen LogP contribution >= 0.6 is 0 Å². The number of anilines is 3. The van der Waals surface area contributed by atoms with Gasteiger partial charge < -0.3 is 27.1 Å². The first-order valence-electron chi connectivity index (χ1n) is 11.3. The molecule has 1 fully saturated rings. The van der Waals surface area contributed by atoms with Crippen LogP contribution in [0.15, 0.2) is 55.0 Å². The molecule has 0 bridgehead atoms. The van der Waals surface area contributed by atoms with Crippen molar-refractivity contribution < 1.29 is 9.18 Å². The normalized spacial score (nSPS) is 18.1. The molecule has 1 unspecified atom stereocenters. The van der Waals surface area contributed by atoms with Crippen molar-refractivity contribution >= 4 is 34.1 Å². The summed E-state index contributed by atoms with van der Waals surface area (Å²) in [5.74, 6) is -1.24. The quantitative estimate of drug-likeness (QED) is 0.292. The highest BCUT2D eigenvalue weighted by Gasteiger charge is 2.24. The van der Waals surface area contributed by atoms with E-state index in [-0.39, 0.29) is 29.3 Å². The summed E-state index contributed by atoms with van der Waals surface area (Å²) in [5.41, 5.74) is 15.2. The fourth-order valence-corrected chi connectivity index (χ4v) is 4.42. The average Bonchev–Trinajstić information content (AvgIpc) is 3.30. The summed E-state index contributed by atoms with van der Waals surface area (Å²) in [4.78, 5) is 23.9. The SMILES string of the molecule is NC(=O)c1cc(F)c(NC2CCCC[C@@H]2N)nc1Nc1cncc(-c2ccc3[nH]ccc3c2)c1. The maximum atomic E-state index is 14.8. The van der Waals surface area contributed by atoms with Gasteiger partial charge in [0.25, 0.3) is 5.91 Å². The predicted molar refractivity (Wildman–Crippen MR) is 131 cm³/mol. The first kappa shape index (κ1) is 21.8. The Labute approximate surface area is 196 Å². The molecule has 5 rings (SSSR count). The van der Waals surface area contributed by atoms with Crippen molar-refractivity contribution in [2.45, 2.75) is 37.8 Å². The molecular formula is C25H26FN7O. The Morgan fingerprint density at radius 1 is 1.06 bits per heavy atom. The summed E-state index contributed by atoms with van der Waals surface area (Å²) in [7, 11) is 0. The number of hydrogen-bond acceptors (Lipinski definition) is 6. The lowest BCUT2D eigenvalue weighted by Gasteiger charge is -2.30. The summed E-state index contributed by atoms with van der Waals surface area (Å²) < 4.78 is 14.8. The van der Waals surface area contributed by atoms with E-state index in [0.29, 0.717) is 5.69 Å². The largest absolute Gasteiger partial charge is 0.365 e. The van der Waals surface area contributed by atoms with Gasteiger partial charge >= 0.3 is 0 Å². The second-order valence-corrected chi connectivity index (χ2v) is 8.65. The molecule has 1 aliphatic rings. The van der Waals surface area contributed by atoms with Crippen LogP contribution in [-0.4, -0.2) is 32.9 Å². The summed E-state index contributed by atoms with van der Waals surface area (Å²) in [6.07, 6.45) is 9.04. The summed E-state index contributed by atoms with van der Waals surface area (Å²) in [5, 5.41) is 7.30. The molecule has 8 nitrogen and oxygen atoms in total. The van der Waals surface area contributed by atoms with E-state index in [4.69, 9.17) is 11.5 Å². The maximum Gasteiger partial charge on any atom is 0.252 e. The third kappa shape index (κ3) is 4.42. The number of benzene rings is 1. The van der Waals surface area contributed by atoms with Crippen LogP contribution in [0.5, 0.6) is 0 Å². The standard InChI is InChI=1S/C25H26FN7O/c26-19-11-18(23(28)34)24(33-25(19)32-22-4-2-1-3-20(22)27)31-17-10-16(12-29-13-17)14-5-6-21-15(9-14)7-8-30-21/h5-13,20,22,30H,1-4,27H2,(H2,28,34)(H2,31,32,33)/t20-,22?/m0/s1. The van der Waals surface area contributed by atoms with Gasteiger partial charge in [-0.25, -0.2) is 9.37 Å². The fourth-order valence-electron chi connectivity index (χ4n) is 4.42. The molecule has 0 aliphatic heterocycles. The van der Waals surface area contributed by atoms with Crippen LogP contribution in [0.25, 0.3) is 22.0 Å². The van der Waals surface area contributed by atoms with Crippen molar-refractivity contribution in [2.75, 3.05) is 10.6 Å². The third-order valence-corrected chi connectivity index (χ3v) is 6.27. The Bertz CT molecular complexity index is 1350. The summed E-state index contributed by atoms with van der Waals surface area (Å²) in [6, 6.07) is 10.9. The number of primary amides is 1. The number of aromatic nitrogens is 3. The molecule has 2 atom stereocenters. The van der Waals surface area contributed by atoms with Gasteiger partial charge in [0.05, 0.1) is 17.4 Å². The number of hydrogen-bond donors (Lipinski definition) is 5. The van der Waals surface area contributed by atoms with Gasteiger partial charge in [0, 0.05) is 35.6 Å². The molecule has 1 aromatic carbocycles. The number of carbonyl (C=O) groups excluding carboxylic acids is 1. The molecule has 1 saturated carbocycles. The van der Waals surface area contributed by atoms with E-state index in [1.54, 1.807) is 12.4 Å². The van der Waals surface area contributed by atoms with Gasteiger partial charge in [0.2, 0.25) is 0 Å². The van der Waals surface area contributed by atoms with Crippen molar-refractivity contribution in [1.82, 2.24) is 15.0 Å². The van der Waals surface area contributed by atoms with E-state index in [1.165, 1.54) is 0 Å². The lowest BCUT2D eigenvalue weighted by atomic mass is 9.91. The predicted octanol–water partition coefficient (Wildman–Crippen LogP) is 4.29. The molecule has 0 spiro atoms. The molecule has 9 heteroatoms. The molecule has 4 aromatic rings. The zero-order valence-corrected chi connectivity index (χ0v) is 18.5. The van der Waals surface area contributed by atoms with Crippen molar-refractivity contribution in [2.24, 2.45) is 11.5 Å². The van der Waals surface area contributed by atoms with Gasteiger partial charge in [-0.2, -0.15) is 0 Å². The smallest absolute Gasteiger partial charge is 0.252 e. The number of amides is 1. The molecule has 1 aliphatic carbocycles. The number of carbonyl (C=O) groups is 1. The van der Waals surface area contributed by atoms with Crippen molar-refractivity contribution in [1.29, 1.82) is 0 Å². The zero-order valence-electron chi connectivity index (χ0n) is 18.5. The van der Waals surface area contributed by atoms with Crippen molar-refractivity contribution in [3.8, 4) is 11.1 Å². The highest BCUT2D eigenvalue weighted by atomic mass is 19.1. The number of halogens is 1. The van der Waals surface area contributed by atoms with Crippen LogP contribution in [0, 0.1) is 5.82 Å². The molecule has 174 valence electrons. The Morgan fingerprint density at radius 2 is 1.91 bits per heavy atom. The van der Waals surface area contributed by atoms with Gasteiger partial charge in [-0.3, -0.25) is 9.78 Å². The number of nitrogens with two attached hydrogens (primary N) is 2. The first-order chi connectivity index (χ1) is 16.5. The number of aromatic amines is 1. The van der Waals surface area contributed by atoms with E-state index >= 15 is 0 Å². The minimum absolute atomic E-state index is 0.0388. The molecule has 3 heterocycles. The lowest BCUT2D eigenvalue weighted by molar-refractivity contribution is 0.100. The zero-order chi connectivity index (χ0) is 23.7. The molecule has 0 radical (unpaired) electrons. The molecule has 1 amide bonds. The summed E-state index contributed by atoms with van der Waals surface area (Å²) >= 11 is 0. The third-order valence-electron chi connectivity index (χ3n) is 6.27. The number of pyridine rings is 2. The topological polar surface area (TPSA) is 135 Å². The van der Waals surface area contributed by atoms with Gasteiger partial charge in [-0.15, -0.1) is 0 Å². The second kappa shape index (κ2) is 9.11. The fraction of sp³-hybridized carbons (Fsp3) is 0.240. The number of nitrogens with one attached hydrogen (secondary N) is 3. The molecule has 3 aromatic heterocycles. The van der Waals surface area contributed by atoms with Crippen LogP contribution in [0.4, 0.5) is 21.7 Å². The van der Waals surface area contributed by atoms with Gasteiger partial charge in [-0.05, 0) is 54.1 Å². The maximum absolute atomic E-state index is 14.8. The van der Waals surface area contributed by atoms with Crippen molar-refractivity contribution in [3.05, 3.63) is 66.4 Å². The Kier molecular flexibility index (Phi) is 5.85. The second-order valence-electron chi connectivity index (χ2n) is 8.65. The number of nitrogens with zero attached hydrogens (tertiary/aromatic N) is 2. The van der Waals surface area contributed by atoms with E-state index in [9.17, 15) is 9.18 Å². The number of H-pyrrole nitrogens is 1. The van der Waals surface area contributed by atoms with E-state index in [2.05, 4.69) is 31.7 Å². The first-order valence-corrected chi connectivity index (χ1v) is 11.3. The molecule has 7 N–H and O–H groups in total. The Balaban J connectivity index is 1.45. The average molecular weight is 460 g/mol. The number of fused-ring (bicyclic) bond motifs is 1. The van der Waals surface area contributed by atoms with Crippen LogP contribution in [0.2, 0.25) is 0 Å². The van der Waals surface area contributed by atoms with Crippen LogP contribution in [-0.2, 0) is 0 Å². The van der Waals surface area contributed by atoms with Crippen LogP contribution in [0.3, 0.4) is 0 Å². The van der Waals surface area contributed by atoms with Crippen molar-refractivity contribution in [3.63, 3.8) is 0 Å². The van der Waals surface area contributed by atoms with Gasteiger partial charge in [0.15, 0.2) is 11.6 Å². The molecular weight excluding hydrogens is 433 g/mol. The molecule has 34 heavy (non-hydrogen) atoms. The monoisotopic (exact) mass is 459 g/mol. The summed E-state index contributed by atoms with van der Waals surface area (Å²) in [6.45, 7) is 0. The van der Waals surface area contributed by atoms with Gasteiger partial charge in [0.1, 0.15) is 5.82 Å². The number of rotatable bonds is 6. The minimum atomic E-state index is -0.781. The lowest BCUT2D eigenvalue weighted by Crippen LogP contribution is -2.43. The Hall–Kier alpha value is -3.98. The Morgan fingerprint density at radius 3 is 2.74 bits per heavy atom. The van der Waals surface area contributed by atoms with Gasteiger partial charge in [-0.1, -0.05) is 18.9 Å². The highest BCUT2D eigenvalue weighted by molar-refractivity contribution is 5.98. The highest BCUT2D eigenvalue weighted by Crippen LogP contribution is 2.29. The van der Waals surface area contributed by atoms with Crippen LogP contribution in [0.1, 0.15) is 36.0 Å².